The molecule has 7 nitrogen and oxygen atoms in total. The molecule has 8 heteroatoms. The highest BCUT2D eigenvalue weighted by Gasteiger charge is 2.31. The Hall–Kier alpha value is -2.09. The Bertz CT molecular complexity index is 730. The second-order valence-corrected chi connectivity index (χ2v) is 7.79. The minimum absolute atomic E-state index is 0.0389. The quantitative estimate of drug-likeness (QED) is 0.910. The number of aryl methyl sites for hydroxylation is 1. The van der Waals surface area contributed by atoms with Gasteiger partial charge in [-0.2, -0.15) is 5.10 Å². The molecule has 134 valence electrons. The first-order valence-electron chi connectivity index (χ1n) is 8.88. The highest BCUT2D eigenvalue weighted by molar-refractivity contribution is 7.13. The maximum atomic E-state index is 12.7. The molecule has 2 aliphatic rings. The summed E-state index contributed by atoms with van der Waals surface area (Å²) in [7, 11) is 0. The second kappa shape index (κ2) is 6.67. The molecule has 2 amide bonds. The molecule has 1 N–H and O–H groups in total. The average Bonchev–Trinajstić information content (AvgIpc) is 3.19. The highest BCUT2D eigenvalue weighted by atomic mass is 32.1. The molecule has 1 aliphatic heterocycles. The summed E-state index contributed by atoms with van der Waals surface area (Å²) in [5.74, 6) is 1.50. The van der Waals surface area contributed by atoms with Gasteiger partial charge in [-0.3, -0.25) is 5.32 Å². The van der Waals surface area contributed by atoms with Gasteiger partial charge in [0.05, 0.1) is 11.7 Å². The number of carbonyl (C=O) groups is 1. The van der Waals surface area contributed by atoms with Crippen molar-refractivity contribution < 1.29 is 4.79 Å². The first-order chi connectivity index (χ1) is 12.1. The fourth-order valence-corrected chi connectivity index (χ4v) is 4.06. The Labute approximate surface area is 151 Å². The number of carbonyl (C=O) groups excluding carboxylic acids is 1. The van der Waals surface area contributed by atoms with Gasteiger partial charge < -0.3 is 9.80 Å². The Morgan fingerprint density at radius 2 is 2.08 bits per heavy atom. The lowest BCUT2D eigenvalue weighted by Gasteiger charge is -2.34. The molecule has 2 aromatic heterocycles. The van der Waals surface area contributed by atoms with Crippen molar-refractivity contribution in [2.75, 3.05) is 36.4 Å². The van der Waals surface area contributed by atoms with E-state index in [1.54, 1.807) is 11.3 Å². The van der Waals surface area contributed by atoms with Crippen LogP contribution >= 0.6 is 11.3 Å². The zero-order chi connectivity index (χ0) is 17.4. The predicted molar refractivity (Wildman–Crippen MR) is 99.3 cm³/mol. The van der Waals surface area contributed by atoms with Crippen LogP contribution in [0.25, 0.3) is 0 Å². The molecule has 25 heavy (non-hydrogen) atoms. The van der Waals surface area contributed by atoms with E-state index >= 15 is 0 Å². The smallest absolute Gasteiger partial charge is 0.323 e. The van der Waals surface area contributed by atoms with Crippen molar-refractivity contribution in [2.24, 2.45) is 5.92 Å². The fraction of sp³-hybridized carbons (Fsp3) is 0.588. The minimum Gasteiger partial charge on any atom is -0.345 e. The van der Waals surface area contributed by atoms with Crippen LogP contribution in [0, 0.1) is 12.8 Å². The van der Waals surface area contributed by atoms with E-state index < -0.39 is 0 Å². The van der Waals surface area contributed by atoms with Crippen molar-refractivity contribution in [3.8, 4) is 0 Å². The number of piperazine rings is 1. The number of aromatic nitrogens is 3. The minimum atomic E-state index is -0.0389. The molecule has 4 rings (SSSR count). The van der Waals surface area contributed by atoms with Crippen LogP contribution < -0.4 is 10.2 Å². The lowest BCUT2D eigenvalue weighted by Crippen LogP contribution is -2.50. The molecule has 3 heterocycles. The van der Waals surface area contributed by atoms with Crippen molar-refractivity contribution in [3.63, 3.8) is 0 Å². The number of hydrogen-bond acceptors (Lipinski definition) is 5. The van der Waals surface area contributed by atoms with Gasteiger partial charge in [-0.05, 0) is 32.6 Å². The highest BCUT2D eigenvalue weighted by Crippen LogP contribution is 2.40. The summed E-state index contributed by atoms with van der Waals surface area (Å²) in [6, 6.07) is 2.26. The fourth-order valence-electron chi connectivity index (χ4n) is 3.36. The van der Waals surface area contributed by atoms with Crippen molar-refractivity contribution in [1.82, 2.24) is 19.7 Å². The zero-order valence-corrected chi connectivity index (χ0v) is 15.5. The van der Waals surface area contributed by atoms with Gasteiger partial charge >= 0.3 is 6.03 Å². The lowest BCUT2D eigenvalue weighted by molar-refractivity contribution is 0.208. The van der Waals surface area contributed by atoms with E-state index in [0.717, 1.165) is 29.7 Å². The van der Waals surface area contributed by atoms with Crippen LogP contribution in [0.15, 0.2) is 17.6 Å². The standard InChI is InChI=1S/C17H24N6OS/c1-12-11-15(23(20-12)13(2)14-3-4-14)19-16(24)21-6-8-22(9-7-21)17-18-5-10-25-17/h5,10-11,13-14H,3-4,6-9H2,1-2H3,(H,19,24)/t13-/m1/s1. The first kappa shape index (κ1) is 16.4. The van der Waals surface area contributed by atoms with Crippen LogP contribution in [0.3, 0.4) is 0 Å². The summed E-state index contributed by atoms with van der Waals surface area (Å²) in [5.41, 5.74) is 0.941. The van der Waals surface area contributed by atoms with E-state index in [-0.39, 0.29) is 6.03 Å². The Balaban J connectivity index is 1.38. The van der Waals surface area contributed by atoms with E-state index in [4.69, 9.17) is 0 Å². The van der Waals surface area contributed by atoms with Crippen LogP contribution in [0.4, 0.5) is 15.7 Å². The van der Waals surface area contributed by atoms with Gasteiger partial charge in [-0.1, -0.05) is 0 Å². The van der Waals surface area contributed by atoms with Gasteiger partial charge in [0.15, 0.2) is 5.13 Å². The SMILES string of the molecule is Cc1cc(NC(=O)N2CCN(c3nccs3)CC2)n([C@H](C)C2CC2)n1. The maximum Gasteiger partial charge on any atom is 0.323 e. The molecular formula is C17H24N6OS. The first-order valence-corrected chi connectivity index (χ1v) is 9.76. The number of amides is 2. The third-order valence-corrected chi connectivity index (χ3v) is 5.87. The molecule has 0 radical (unpaired) electrons. The van der Waals surface area contributed by atoms with E-state index in [1.165, 1.54) is 12.8 Å². The van der Waals surface area contributed by atoms with Crippen LogP contribution in [0.1, 0.15) is 31.5 Å². The lowest BCUT2D eigenvalue weighted by atomic mass is 10.2. The summed E-state index contributed by atoms with van der Waals surface area (Å²) in [6.07, 6.45) is 4.34. The van der Waals surface area contributed by atoms with Gasteiger partial charge in [-0.15, -0.1) is 11.3 Å². The Morgan fingerprint density at radius 3 is 2.72 bits per heavy atom. The second-order valence-electron chi connectivity index (χ2n) is 6.91. The van der Waals surface area contributed by atoms with Crippen molar-refractivity contribution in [2.45, 2.75) is 32.7 Å². The molecule has 2 aromatic rings. The molecule has 0 spiro atoms. The normalized spacial score (nSPS) is 19.1. The van der Waals surface area contributed by atoms with Crippen LogP contribution in [0.5, 0.6) is 0 Å². The molecule has 1 saturated carbocycles. The van der Waals surface area contributed by atoms with E-state index in [2.05, 4.69) is 27.2 Å². The van der Waals surface area contributed by atoms with Crippen LogP contribution in [0.2, 0.25) is 0 Å². The molecule has 2 fully saturated rings. The largest absolute Gasteiger partial charge is 0.345 e. The van der Waals surface area contributed by atoms with Gasteiger partial charge in [0.1, 0.15) is 5.82 Å². The van der Waals surface area contributed by atoms with Gasteiger partial charge in [0, 0.05) is 43.8 Å². The van der Waals surface area contributed by atoms with Crippen molar-refractivity contribution in [3.05, 3.63) is 23.3 Å². The summed E-state index contributed by atoms with van der Waals surface area (Å²) < 4.78 is 1.98. The molecular weight excluding hydrogens is 336 g/mol. The van der Waals surface area contributed by atoms with Gasteiger partial charge in [0.2, 0.25) is 0 Å². The predicted octanol–water partition coefficient (Wildman–Crippen LogP) is 2.97. The summed E-state index contributed by atoms with van der Waals surface area (Å²) in [6.45, 7) is 7.20. The number of anilines is 2. The number of nitrogens with zero attached hydrogens (tertiary/aromatic N) is 5. The van der Waals surface area contributed by atoms with Crippen LogP contribution in [-0.2, 0) is 0 Å². The summed E-state index contributed by atoms with van der Waals surface area (Å²) >= 11 is 1.64. The van der Waals surface area contributed by atoms with Crippen molar-refractivity contribution >= 4 is 28.3 Å². The molecule has 0 unspecified atom stereocenters. The number of thiazole rings is 1. The number of urea groups is 1. The average molecular weight is 360 g/mol. The maximum absolute atomic E-state index is 12.7. The number of rotatable bonds is 4. The summed E-state index contributed by atoms with van der Waals surface area (Å²) in [4.78, 5) is 21.1. The number of hydrogen-bond donors (Lipinski definition) is 1. The zero-order valence-electron chi connectivity index (χ0n) is 14.7. The van der Waals surface area contributed by atoms with Crippen molar-refractivity contribution in [1.29, 1.82) is 0 Å². The van der Waals surface area contributed by atoms with E-state index in [0.29, 0.717) is 25.0 Å². The van der Waals surface area contributed by atoms with E-state index in [9.17, 15) is 4.79 Å². The molecule has 1 saturated heterocycles. The molecule has 0 bridgehead atoms. The molecule has 1 aliphatic carbocycles. The van der Waals surface area contributed by atoms with Crippen LogP contribution in [-0.4, -0.2) is 51.9 Å². The van der Waals surface area contributed by atoms with E-state index in [1.807, 2.05) is 34.1 Å². The monoisotopic (exact) mass is 360 g/mol. The topological polar surface area (TPSA) is 66.3 Å². The van der Waals surface area contributed by atoms with Gasteiger partial charge in [0.25, 0.3) is 0 Å². The third-order valence-electron chi connectivity index (χ3n) is 5.04. The Kier molecular flexibility index (Phi) is 4.37. The third kappa shape index (κ3) is 3.49. The molecule has 1 atom stereocenters. The summed E-state index contributed by atoms with van der Waals surface area (Å²) in [5, 5.41) is 10.7. The van der Waals surface area contributed by atoms with Gasteiger partial charge in [-0.25, -0.2) is 14.5 Å². The Morgan fingerprint density at radius 1 is 1.32 bits per heavy atom. The molecule has 0 aromatic carbocycles. The number of nitrogens with one attached hydrogen (secondary N) is 1.